The van der Waals surface area contributed by atoms with Crippen LogP contribution in [0.25, 0.3) is 0 Å². The summed E-state index contributed by atoms with van der Waals surface area (Å²) in [6.45, 7) is 10.7. The van der Waals surface area contributed by atoms with Crippen LogP contribution in [-0.4, -0.2) is 29.8 Å². The molecule has 2 atom stereocenters. The molecule has 0 aromatic heterocycles. The van der Waals surface area contributed by atoms with E-state index >= 15 is 0 Å². The van der Waals surface area contributed by atoms with E-state index in [1.54, 1.807) is 27.7 Å². The van der Waals surface area contributed by atoms with Crippen LogP contribution in [0, 0.1) is 0 Å². The van der Waals surface area contributed by atoms with Crippen LogP contribution in [0.15, 0.2) is 36.4 Å². The second-order valence-corrected chi connectivity index (χ2v) is 6.56. The Bertz CT molecular complexity index is 441. The van der Waals surface area contributed by atoms with Crippen LogP contribution >= 0.6 is 0 Å². The molecule has 0 fully saturated rings. The second-order valence-electron chi connectivity index (χ2n) is 6.56. The molecule has 5 heteroatoms. The van der Waals surface area contributed by atoms with Gasteiger partial charge in [-0.15, -0.1) is 0 Å². The minimum Gasteiger partial charge on any atom is -0.461 e. The smallest absolute Gasteiger partial charge is 0.408 e. The SMILES string of the molecule is CCC[C@H](C)OC(=O)[C@H](C)NC(=O)OC(C)(C)C.c1ccccc1. The molecule has 24 heavy (non-hydrogen) atoms. The summed E-state index contributed by atoms with van der Waals surface area (Å²) >= 11 is 0. The molecule has 0 aliphatic carbocycles. The van der Waals surface area contributed by atoms with E-state index in [0.717, 1.165) is 12.8 Å². The van der Waals surface area contributed by atoms with Gasteiger partial charge < -0.3 is 14.8 Å². The number of carbonyl (C=O) groups excluding carboxylic acids is 2. The van der Waals surface area contributed by atoms with Crippen molar-refractivity contribution >= 4 is 12.1 Å². The Kier molecular flexibility index (Phi) is 10.5. The van der Waals surface area contributed by atoms with E-state index in [1.807, 2.05) is 50.2 Å². The van der Waals surface area contributed by atoms with Gasteiger partial charge in [-0.3, -0.25) is 0 Å². The van der Waals surface area contributed by atoms with Gasteiger partial charge in [0.25, 0.3) is 0 Å². The number of amides is 1. The van der Waals surface area contributed by atoms with E-state index in [0.29, 0.717) is 0 Å². The predicted molar refractivity (Wildman–Crippen MR) is 95.7 cm³/mol. The lowest BCUT2D eigenvalue weighted by molar-refractivity contribution is -0.150. The maximum atomic E-state index is 11.6. The Morgan fingerprint density at radius 3 is 1.83 bits per heavy atom. The Hall–Kier alpha value is -2.04. The molecule has 1 rings (SSSR count). The Balaban J connectivity index is 0.000000728. The van der Waals surface area contributed by atoms with E-state index in [4.69, 9.17) is 9.47 Å². The first-order valence-corrected chi connectivity index (χ1v) is 8.35. The van der Waals surface area contributed by atoms with Crippen LogP contribution in [0.1, 0.15) is 54.4 Å². The van der Waals surface area contributed by atoms with Crippen LogP contribution in [-0.2, 0) is 14.3 Å². The van der Waals surface area contributed by atoms with Crippen molar-refractivity contribution in [2.75, 3.05) is 0 Å². The van der Waals surface area contributed by atoms with Crippen LogP contribution in [0.4, 0.5) is 4.79 Å². The van der Waals surface area contributed by atoms with E-state index in [2.05, 4.69) is 5.32 Å². The summed E-state index contributed by atoms with van der Waals surface area (Å²) in [6, 6.07) is 11.3. The molecule has 0 saturated carbocycles. The van der Waals surface area contributed by atoms with Crippen LogP contribution in [0.2, 0.25) is 0 Å². The lowest BCUT2D eigenvalue weighted by atomic mass is 10.2. The van der Waals surface area contributed by atoms with Crippen molar-refractivity contribution in [2.24, 2.45) is 0 Å². The fourth-order valence-electron chi connectivity index (χ4n) is 1.69. The van der Waals surface area contributed by atoms with Gasteiger partial charge in [-0.05, 0) is 41.0 Å². The number of nitrogens with one attached hydrogen (secondary N) is 1. The first-order chi connectivity index (χ1) is 11.2. The van der Waals surface area contributed by atoms with Crippen molar-refractivity contribution < 1.29 is 19.1 Å². The minimum absolute atomic E-state index is 0.134. The topological polar surface area (TPSA) is 64.6 Å². The van der Waals surface area contributed by atoms with Gasteiger partial charge in [0, 0.05) is 0 Å². The Morgan fingerprint density at radius 1 is 1.00 bits per heavy atom. The molecule has 0 unspecified atom stereocenters. The molecule has 0 radical (unpaired) electrons. The van der Waals surface area contributed by atoms with Gasteiger partial charge in [0.1, 0.15) is 11.6 Å². The van der Waals surface area contributed by atoms with Crippen LogP contribution in [0.5, 0.6) is 0 Å². The fourth-order valence-corrected chi connectivity index (χ4v) is 1.69. The molecule has 1 aromatic rings. The van der Waals surface area contributed by atoms with Crippen molar-refractivity contribution in [3.8, 4) is 0 Å². The standard InChI is InChI=1S/C13H25NO4.C6H6/c1-7-8-9(2)17-11(15)10(3)14-12(16)18-13(4,5)6;1-2-4-6-5-3-1/h9-10H,7-8H2,1-6H3,(H,14,16);1-6H/t9-,10-;/m0./s1. The van der Waals surface area contributed by atoms with E-state index in [9.17, 15) is 9.59 Å². The zero-order valence-corrected chi connectivity index (χ0v) is 15.7. The number of carbonyl (C=O) groups is 2. The predicted octanol–water partition coefficient (Wildman–Crippen LogP) is 4.32. The van der Waals surface area contributed by atoms with Gasteiger partial charge in [-0.1, -0.05) is 49.7 Å². The van der Waals surface area contributed by atoms with Gasteiger partial charge >= 0.3 is 12.1 Å². The van der Waals surface area contributed by atoms with Crippen molar-refractivity contribution in [1.82, 2.24) is 5.32 Å². The largest absolute Gasteiger partial charge is 0.461 e. The van der Waals surface area contributed by atoms with Crippen molar-refractivity contribution in [2.45, 2.75) is 72.1 Å². The number of alkyl carbamates (subject to hydrolysis) is 1. The third-order valence-corrected chi connectivity index (χ3v) is 2.77. The van der Waals surface area contributed by atoms with Crippen molar-refractivity contribution in [3.05, 3.63) is 36.4 Å². The maximum absolute atomic E-state index is 11.6. The first kappa shape index (κ1) is 22.0. The highest BCUT2D eigenvalue weighted by Gasteiger charge is 2.22. The number of esters is 1. The lowest BCUT2D eigenvalue weighted by Crippen LogP contribution is -2.43. The van der Waals surface area contributed by atoms with Crippen LogP contribution in [0.3, 0.4) is 0 Å². The molecule has 136 valence electrons. The quantitative estimate of drug-likeness (QED) is 0.813. The van der Waals surface area contributed by atoms with E-state index in [-0.39, 0.29) is 6.10 Å². The molecule has 0 aliphatic rings. The summed E-state index contributed by atoms with van der Waals surface area (Å²) in [5, 5.41) is 2.45. The number of benzene rings is 1. The summed E-state index contributed by atoms with van der Waals surface area (Å²) in [5.41, 5.74) is -0.580. The third kappa shape index (κ3) is 12.5. The normalized spacial score (nSPS) is 12.9. The third-order valence-electron chi connectivity index (χ3n) is 2.77. The molecule has 1 aromatic carbocycles. The molecule has 0 bridgehead atoms. The van der Waals surface area contributed by atoms with Gasteiger partial charge in [-0.2, -0.15) is 0 Å². The first-order valence-electron chi connectivity index (χ1n) is 8.35. The lowest BCUT2D eigenvalue weighted by Gasteiger charge is -2.22. The maximum Gasteiger partial charge on any atom is 0.408 e. The monoisotopic (exact) mass is 337 g/mol. The number of ether oxygens (including phenoxy) is 2. The molecular formula is C19H31NO4. The molecular weight excluding hydrogens is 306 g/mol. The molecule has 5 nitrogen and oxygen atoms in total. The highest BCUT2D eigenvalue weighted by atomic mass is 16.6. The van der Waals surface area contributed by atoms with Crippen molar-refractivity contribution in [1.29, 1.82) is 0 Å². The molecule has 1 N–H and O–H groups in total. The summed E-state index contributed by atoms with van der Waals surface area (Å²) in [6.07, 6.45) is 1.01. The average Bonchev–Trinajstić information content (AvgIpc) is 2.47. The molecule has 0 spiro atoms. The summed E-state index contributed by atoms with van der Waals surface area (Å²) in [4.78, 5) is 23.1. The number of hydrogen-bond donors (Lipinski definition) is 1. The highest BCUT2D eigenvalue weighted by Crippen LogP contribution is 2.07. The van der Waals surface area contributed by atoms with Crippen molar-refractivity contribution in [3.63, 3.8) is 0 Å². The Labute approximate surface area is 145 Å². The fraction of sp³-hybridized carbons (Fsp3) is 0.579. The van der Waals surface area contributed by atoms with Crippen LogP contribution < -0.4 is 5.32 Å². The zero-order valence-electron chi connectivity index (χ0n) is 15.7. The molecule has 0 heterocycles. The summed E-state index contributed by atoms with van der Waals surface area (Å²) in [5.74, 6) is -0.443. The van der Waals surface area contributed by atoms with Gasteiger partial charge in [0.2, 0.25) is 0 Å². The van der Waals surface area contributed by atoms with Gasteiger partial charge in [0.05, 0.1) is 6.10 Å². The minimum atomic E-state index is -0.709. The van der Waals surface area contributed by atoms with Gasteiger partial charge in [0.15, 0.2) is 0 Å². The average molecular weight is 337 g/mol. The summed E-state index contributed by atoms with van der Waals surface area (Å²) in [7, 11) is 0. The molecule has 0 saturated heterocycles. The molecule has 0 aliphatic heterocycles. The number of rotatable bonds is 5. The Morgan fingerprint density at radius 2 is 1.46 bits per heavy atom. The zero-order chi connectivity index (χ0) is 18.6. The second kappa shape index (κ2) is 11.5. The van der Waals surface area contributed by atoms with Gasteiger partial charge in [-0.25, -0.2) is 9.59 Å². The molecule has 1 amide bonds. The van der Waals surface area contributed by atoms with E-state index < -0.39 is 23.7 Å². The highest BCUT2D eigenvalue weighted by molar-refractivity contribution is 5.81. The van der Waals surface area contributed by atoms with E-state index in [1.165, 1.54) is 0 Å². The number of hydrogen-bond acceptors (Lipinski definition) is 4. The summed E-state index contributed by atoms with van der Waals surface area (Å²) < 4.78 is 10.2.